The highest BCUT2D eigenvalue weighted by Crippen LogP contribution is 2.18. The van der Waals surface area contributed by atoms with Gasteiger partial charge in [-0.1, -0.05) is 35.9 Å². The van der Waals surface area contributed by atoms with Crippen LogP contribution in [-0.4, -0.2) is 43.5 Å². The summed E-state index contributed by atoms with van der Waals surface area (Å²) in [4.78, 5) is 18.2. The molecule has 0 radical (unpaired) electrons. The molecule has 2 aromatic carbocycles. The number of amides is 1. The molecule has 2 N–H and O–H groups in total. The lowest BCUT2D eigenvalue weighted by Gasteiger charge is -2.22. The quantitative estimate of drug-likeness (QED) is 0.514. The summed E-state index contributed by atoms with van der Waals surface area (Å²) < 4.78 is 5.61. The van der Waals surface area contributed by atoms with Crippen LogP contribution in [0.15, 0.2) is 53.5 Å². The van der Waals surface area contributed by atoms with E-state index in [4.69, 9.17) is 16.3 Å². The Morgan fingerprint density at radius 3 is 2.69 bits per heavy atom. The van der Waals surface area contributed by atoms with Gasteiger partial charge in [0.1, 0.15) is 5.75 Å². The molecule has 1 saturated carbocycles. The van der Waals surface area contributed by atoms with Crippen LogP contribution in [0.2, 0.25) is 5.02 Å². The summed E-state index contributed by atoms with van der Waals surface area (Å²) in [5, 5.41) is 6.99. The summed E-state index contributed by atoms with van der Waals surface area (Å²) in [5.41, 5.74) is 2.16. The first-order valence-corrected chi connectivity index (χ1v) is 10.1. The molecule has 0 aromatic heterocycles. The third-order valence-corrected chi connectivity index (χ3v) is 4.78. The predicted molar refractivity (Wildman–Crippen MR) is 116 cm³/mol. The maximum atomic E-state index is 11.8. The standard InChI is InChI=1S/C22H27ClN4O2/c1-24-22(27(2)14-17-6-3-7-18(23)11-17)25-13-16-5-4-8-20(12-16)29-15-21(28)26-19-9-10-19/h3-8,11-12,19H,9-10,13-15H2,1-2H3,(H,24,25)(H,26,28). The van der Waals surface area contributed by atoms with E-state index >= 15 is 0 Å². The number of aliphatic imine (C=N–C) groups is 1. The Morgan fingerprint density at radius 1 is 1.21 bits per heavy atom. The number of hydrogen-bond acceptors (Lipinski definition) is 3. The predicted octanol–water partition coefficient (Wildman–Crippen LogP) is 3.20. The van der Waals surface area contributed by atoms with E-state index in [0.29, 0.717) is 24.9 Å². The molecule has 0 heterocycles. The highest BCUT2D eigenvalue weighted by Gasteiger charge is 2.23. The lowest BCUT2D eigenvalue weighted by Crippen LogP contribution is -2.38. The van der Waals surface area contributed by atoms with Gasteiger partial charge in [-0.25, -0.2) is 0 Å². The minimum atomic E-state index is -0.0703. The van der Waals surface area contributed by atoms with Gasteiger partial charge in [0.05, 0.1) is 0 Å². The molecule has 7 heteroatoms. The normalized spacial score (nSPS) is 13.7. The second kappa shape index (κ2) is 10.2. The molecule has 1 aliphatic carbocycles. The van der Waals surface area contributed by atoms with Gasteiger partial charge in [0.25, 0.3) is 5.91 Å². The fourth-order valence-electron chi connectivity index (χ4n) is 2.94. The van der Waals surface area contributed by atoms with Crippen LogP contribution in [0.4, 0.5) is 0 Å². The minimum absolute atomic E-state index is 0.0391. The number of nitrogens with one attached hydrogen (secondary N) is 2. The van der Waals surface area contributed by atoms with Crippen molar-refractivity contribution in [2.75, 3.05) is 20.7 Å². The molecule has 0 bridgehead atoms. The number of ether oxygens (including phenoxy) is 1. The minimum Gasteiger partial charge on any atom is -0.484 e. The van der Waals surface area contributed by atoms with E-state index in [-0.39, 0.29) is 12.5 Å². The number of nitrogens with zero attached hydrogens (tertiary/aromatic N) is 2. The summed E-state index contributed by atoms with van der Waals surface area (Å²) in [6.07, 6.45) is 2.14. The largest absolute Gasteiger partial charge is 0.484 e. The molecule has 0 aliphatic heterocycles. The monoisotopic (exact) mass is 414 g/mol. The first-order valence-electron chi connectivity index (χ1n) is 9.71. The number of halogens is 1. The van der Waals surface area contributed by atoms with Crippen LogP contribution in [-0.2, 0) is 17.9 Å². The van der Waals surface area contributed by atoms with E-state index in [1.165, 1.54) is 0 Å². The molecule has 0 spiro atoms. The van der Waals surface area contributed by atoms with Crippen molar-refractivity contribution in [3.05, 3.63) is 64.7 Å². The van der Waals surface area contributed by atoms with Crippen LogP contribution < -0.4 is 15.4 Å². The van der Waals surface area contributed by atoms with Crippen LogP contribution in [0.5, 0.6) is 5.75 Å². The third kappa shape index (κ3) is 6.98. The van der Waals surface area contributed by atoms with Crippen molar-refractivity contribution >= 4 is 23.5 Å². The van der Waals surface area contributed by atoms with E-state index in [9.17, 15) is 4.79 Å². The van der Waals surface area contributed by atoms with E-state index in [1.807, 2.05) is 60.5 Å². The van der Waals surface area contributed by atoms with Gasteiger partial charge in [0.2, 0.25) is 0 Å². The average Bonchev–Trinajstić information content (AvgIpc) is 3.51. The molecule has 1 aliphatic rings. The number of guanidine groups is 1. The van der Waals surface area contributed by atoms with Crippen LogP contribution in [0.3, 0.4) is 0 Å². The average molecular weight is 415 g/mol. The van der Waals surface area contributed by atoms with E-state index in [2.05, 4.69) is 15.6 Å². The van der Waals surface area contributed by atoms with Gasteiger partial charge in [-0.05, 0) is 48.2 Å². The Morgan fingerprint density at radius 2 is 1.97 bits per heavy atom. The second-order valence-corrected chi connectivity index (χ2v) is 7.60. The number of carbonyl (C=O) groups excluding carboxylic acids is 1. The van der Waals surface area contributed by atoms with Gasteiger partial charge in [-0.2, -0.15) is 0 Å². The zero-order valence-corrected chi connectivity index (χ0v) is 17.6. The number of hydrogen-bond donors (Lipinski definition) is 2. The van der Waals surface area contributed by atoms with Crippen molar-refractivity contribution in [3.63, 3.8) is 0 Å². The van der Waals surface area contributed by atoms with Gasteiger partial charge in [-0.3, -0.25) is 9.79 Å². The fourth-order valence-corrected chi connectivity index (χ4v) is 3.15. The Hall–Kier alpha value is -2.73. The van der Waals surface area contributed by atoms with E-state index < -0.39 is 0 Å². The van der Waals surface area contributed by atoms with Gasteiger partial charge in [0.15, 0.2) is 12.6 Å². The molecule has 0 unspecified atom stereocenters. The molecule has 2 aromatic rings. The highest BCUT2D eigenvalue weighted by molar-refractivity contribution is 6.30. The number of benzene rings is 2. The number of rotatable bonds is 8. The van der Waals surface area contributed by atoms with Crippen molar-refractivity contribution in [2.45, 2.75) is 32.0 Å². The maximum absolute atomic E-state index is 11.8. The molecule has 1 amide bonds. The topological polar surface area (TPSA) is 66.0 Å². The van der Waals surface area contributed by atoms with Crippen LogP contribution >= 0.6 is 11.6 Å². The van der Waals surface area contributed by atoms with E-state index in [1.54, 1.807) is 7.05 Å². The third-order valence-electron chi connectivity index (χ3n) is 4.54. The Balaban J connectivity index is 1.50. The zero-order chi connectivity index (χ0) is 20.6. The van der Waals surface area contributed by atoms with Crippen LogP contribution in [0.25, 0.3) is 0 Å². The van der Waals surface area contributed by atoms with Gasteiger partial charge in [-0.15, -0.1) is 0 Å². The van der Waals surface area contributed by atoms with Crippen LogP contribution in [0.1, 0.15) is 24.0 Å². The molecule has 0 atom stereocenters. The smallest absolute Gasteiger partial charge is 0.258 e. The second-order valence-electron chi connectivity index (χ2n) is 7.16. The van der Waals surface area contributed by atoms with Gasteiger partial charge in [0, 0.05) is 38.2 Å². The molecular weight excluding hydrogens is 388 g/mol. The zero-order valence-electron chi connectivity index (χ0n) is 16.8. The molecular formula is C22H27ClN4O2. The van der Waals surface area contributed by atoms with Crippen molar-refractivity contribution < 1.29 is 9.53 Å². The van der Waals surface area contributed by atoms with Gasteiger partial charge >= 0.3 is 0 Å². The fraction of sp³-hybridized carbons (Fsp3) is 0.364. The first-order chi connectivity index (χ1) is 14.0. The molecule has 29 heavy (non-hydrogen) atoms. The van der Waals surface area contributed by atoms with Gasteiger partial charge < -0.3 is 20.3 Å². The molecule has 3 rings (SSSR count). The van der Waals surface area contributed by atoms with Crippen molar-refractivity contribution in [1.82, 2.24) is 15.5 Å². The van der Waals surface area contributed by atoms with Crippen LogP contribution in [0, 0.1) is 0 Å². The van der Waals surface area contributed by atoms with E-state index in [0.717, 1.165) is 35.0 Å². The molecule has 154 valence electrons. The highest BCUT2D eigenvalue weighted by atomic mass is 35.5. The Kier molecular flexibility index (Phi) is 7.36. The maximum Gasteiger partial charge on any atom is 0.258 e. The Bertz CT molecular complexity index is 867. The molecule has 1 fully saturated rings. The molecule has 6 nitrogen and oxygen atoms in total. The summed E-state index contributed by atoms with van der Waals surface area (Å²) in [5.74, 6) is 1.39. The lowest BCUT2D eigenvalue weighted by molar-refractivity contribution is -0.123. The lowest BCUT2D eigenvalue weighted by atomic mass is 10.2. The van der Waals surface area contributed by atoms with Crippen molar-refractivity contribution in [2.24, 2.45) is 4.99 Å². The summed E-state index contributed by atoms with van der Waals surface area (Å²) in [6.45, 7) is 1.33. The Labute approximate surface area is 176 Å². The summed E-state index contributed by atoms with van der Waals surface area (Å²) in [6, 6.07) is 15.9. The molecule has 0 saturated heterocycles. The summed E-state index contributed by atoms with van der Waals surface area (Å²) >= 11 is 6.07. The SMILES string of the molecule is CN=C(NCc1cccc(OCC(=O)NC2CC2)c1)N(C)Cc1cccc(Cl)c1. The van der Waals surface area contributed by atoms with Crippen molar-refractivity contribution in [1.29, 1.82) is 0 Å². The summed E-state index contributed by atoms with van der Waals surface area (Å²) in [7, 11) is 3.74. The first kappa shape index (κ1) is 21.0. The van der Waals surface area contributed by atoms with Crippen molar-refractivity contribution in [3.8, 4) is 5.75 Å². The number of carbonyl (C=O) groups is 1.